The van der Waals surface area contributed by atoms with E-state index >= 15 is 0 Å². The maximum absolute atomic E-state index is 4.03. The first-order chi connectivity index (χ1) is 6.84. The minimum atomic E-state index is 0.762. The molecule has 0 saturated heterocycles. The van der Waals surface area contributed by atoms with Crippen molar-refractivity contribution in [2.45, 2.75) is 23.2 Å². The number of nitrogens with zero attached hydrogens (tertiary/aromatic N) is 2. The van der Waals surface area contributed by atoms with Gasteiger partial charge in [0.1, 0.15) is 5.51 Å². The molecule has 0 aromatic carbocycles. The fourth-order valence-electron chi connectivity index (χ4n) is 1.02. The molecule has 1 aliphatic rings. The maximum Gasteiger partial charge on any atom is 0.174 e. The van der Waals surface area contributed by atoms with E-state index in [0.717, 1.165) is 22.7 Å². The number of thioether (sulfide) groups is 1. The summed E-state index contributed by atoms with van der Waals surface area (Å²) in [7, 11) is 0. The first kappa shape index (κ1) is 10.1. The van der Waals surface area contributed by atoms with Crippen molar-refractivity contribution >= 4 is 23.1 Å². The highest BCUT2D eigenvalue weighted by Gasteiger charge is 2.19. The third-order valence-corrected chi connectivity index (χ3v) is 3.96. The van der Waals surface area contributed by atoms with Crippen LogP contribution in [0.25, 0.3) is 0 Å². The van der Waals surface area contributed by atoms with Crippen molar-refractivity contribution < 1.29 is 0 Å². The molecule has 0 bridgehead atoms. The number of hydrogen-bond donors (Lipinski definition) is 1. The molecule has 1 aromatic heterocycles. The summed E-state index contributed by atoms with van der Waals surface area (Å²) in [5.74, 6) is 0.939. The van der Waals surface area contributed by atoms with Gasteiger partial charge in [-0.3, -0.25) is 0 Å². The molecule has 0 spiro atoms. The Kier molecular flexibility index (Phi) is 3.55. The number of aromatic nitrogens is 2. The van der Waals surface area contributed by atoms with E-state index in [1.807, 2.05) is 0 Å². The van der Waals surface area contributed by atoms with Crippen LogP contribution in [-0.2, 0) is 0 Å². The molecule has 1 N–H and O–H groups in total. The Hall–Kier alpha value is -0.390. The highest BCUT2D eigenvalue weighted by molar-refractivity contribution is 8.01. The standard InChI is InChI=1S/C9H13N3S2/c1-7(4-10-8-2-3-8)5-13-9-12-11-6-14-9/h6,8,10H,1-5H2. The van der Waals surface area contributed by atoms with Crippen LogP contribution >= 0.6 is 23.1 Å². The van der Waals surface area contributed by atoms with E-state index in [0.29, 0.717) is 0 Å². The molecule has 1 aromatic rings. The second-order valence-corrected chi connectivity index (χ2v) is 5.45. The normalized spacial score (nSPS) is 15.7. The van der Waals surface area contributed by atoms with E-state index in [-0.39, 0.29) is 0 Å². The summed E-state index contributed by atoms with van der Waals surface area (Å²) in [4.78, 5) is 0. The van der Waals surface area contributed by atoms with E-state index in [1.165, 1.54) is 18.4 Å². The largest absolute Gasteiger partial charge is 0.310 e. The molecule has 1 saturated carbocycles. The third-order valence-electron chi connectivity index (χ3n) is 1.96. The van der Waals surface area contributed by atoms with Crippen LogP contribution in [0.15, 0.2) is 22.0 Å². The van der Waals surface area contributed by atoms with Crippen molar-refractivity contribution in [3.05, 3.63) is 17.7 Å². The van der Waals surface area contributed by atoms with Crippen LogP contribution in [0, 0.1) is 0 Å². The predicted molar refractivity (Wildman–Crippen MR) is 60.8 cm³/mol. The Bertz CT molecular complexity index is 293. The summed E-state index contributed by atoms with van der Waals surface area (Å²) >= 11 is 3.29. The molecule has 1 aliphatic carbocycles. The van der Waals surface area contributed by atoms with Crippen molar-refractivity contribution in [3.8, 4) is 0 Å². The molecule has 3 nitrogen and oxygen atoms in total. The van der Waals surface area contributed by atoms with Crippen LogP contribution < -0.4 is 5.32 Å². The molecular formula is C9H13N3S2. The number of hydrogen-bond acceptors (Lipinski definition) is 5. The van der Waals surface area contributed by atoms with Gasteiger partial charge >= 0.3 is 0 Å². The van der Waals surface area contributed by atoms with Gasteiger partial charge in [-0.1, -0.05) is 35.3 Å². The highest BCUT2D eigenvalue weighted by atomic mass is 32.2. The Morgan fingerprint density at radius 2 is 2.57 bits per heavy atom. The molecule has 0 radical (unpaired) electrons. The molecule has 14 heavy (non-hydrogen) atoms. The minimum absolute atomic E-state index is 0.762. The fourth-order valence-corrected chi connectivity index (χ4v) is 2.41. The van der Waals surface area contributed by atoms with Crippen molar-refractivity contribution in [3.63, 3.8) is 0 Å². The summed E-state index contributed by atoms with van der Waals surface area (Å²) in [6.07, 6.45) is 2.66. The lowest BCUT2D eigenvalue weighted by Gasteiger charge is -2.04. The van der Waals surface area contributed by atoms with Gasteiger partial charge in [0.2, 0.25) is 0 Å². The minimum Gasteiger partial charge on any atom is -0.310 e. The molecule has 0 unspecified atom stereocenters. The smallest absolute Gasteiger partial charge is 0.174 e. The van der Waals surface area contributed by atoms with Gasteiger partial charge in [-0.05, 0) is 12.8 Å². The van der Waals surface area contributed by atoms with Crippen molar-refractivity contribution in [1.82, 2.24) is 15.5 Å². The van der Waals surface area contributed by atoms with Gasteiger partial charge < -0.3 is 5.32 Å². The average molecular weight is 227 g/mol. The van der Waals surface area contributed by atoms with Crippen molar-refractivity contribution in [2.75, 3.05) is 12.3 Å². The predicted octanol–water partition coefficient (Wildman–Crippen LogP) is 1.94. The van der Waals surface area contributed by atoms with Crippen molar-refractivity contribution in [2.24, 2.45) is 0 Å². The average Bonchev–Trinajstić information content (AvgIpc) is 2.87. The molecule has 5 heteroatoms. The van der Waals surface area contributed by atoms with E-state index < -0.39 is 0 Å². The monoisotopic (exact) mass is 227 g/mol. The molecule has 0 aliphatic heterocycles. The van der Waals surface area contributed by atoms with Gasteiger partial charge in [-0.15, -0.1) is 10.2 Å². The van der Waals surface area contributed by atoms with Gasteiger partial charge in [0, 0.05) is 18.3 Å². The first-order valence-corrected chi connectivity index (χ1v) is 6.50. The molecule has 1 heterocycles. The zero-order valence-electron chi connectivity index (χ0n) is 7.90. The molecule has 76 valence electrons. The lowest BCUT2D eigenvalue weighted by molar-refractivity contribution is 0.736. The summed E-state index contributed by atoms with van der Waals surface area (Å²) in [6.45, 7) is 4.97. The lowest BCUT2D eigenvalue weighted by Crippen LogP contribution is -2.19. The second kappa shape index (κ2) is 4.91. The topological polar surface area (TPSA) is 37.8 Å². The van der Waals surface area contributed by atoms with Crippen LogP contribution in [-0.4, -0.2) is 28.5 Å². The van der Waals surface area contributed by atoms with E-state index in [9.17, 15) is 0 Å². The summed E-state index contributed by atoms with van der Waals surface area (Å²) in [5.41, 5.74) is 2.99. The van der Waals surface area contributed by atoms with E-state index in [1.54, 1.807) is 28.6 Å². The zero-order chi connectivity index (χ0) is 9.80. The van der Waals surface area contributed by atoms with Gasteiger partial charge in [0.25, 0.3) is 0 Å². The molecular weight excluding hydrogens is 214 g/mol. The van der Waals surface area contributed by atoms with Gasteiger partial charge in [0.05, 0.1) is 0 Å². The van der Waals surface area contributed by atoms with Crippen molar-refractivity contribution in [1.29, 1.82) is 0 Å². The quantitative estimate of drug-likeness (QED) is 0.595. The highest BCUT2D eigenvalue weighted by Crippen LogP contribution is 2.22. The summed E-state index contributed by atoms with van der Waals surface area (Å²) in [6, 6.07) is 0.762. The van der Waals surface area contributed by atoms with Gasteiger partial charge in [0.15, 0.2) is 4.34 Å². The Labute approximate surface area is 92.0 Å². The number of rotatable bonds is 6. The SMILES string of the molecule is C=C(CNC1CC1)CSc1nncs1. The third kappa shape index (κ3) is 3.40. The van der Waals surface area contributed by atoms with Crippen LogP contribution in [0.3, 0.4) is 0 Å². The van der Waals surface area contributed by atoms with Gasteiger partial charge in [-0.2, -0.15) is 0 Å². The molecule has 0 amide bonds. The fraction of sp³-hybridized carbons (Fsp3) is 0.556. The summed E-state index contributed by atoms with van der Waals surface area (Å²) in [5, 5.41) is 11.2. The summed E-state index contributed by atoms with van der Waals surface area (Å²) < 4.78 is 1.03. The first-order valence-electron chi connectivity index (χ1n) is 4.63. The van der Waals surface area contributed by atoms with Crippen LogP contribution in [0.5, 0.6) is 0 Å². The zero-order valence-corrected chi connectivity index (χ0v) is 9.53. The Morgan fingerprint density at radius 1 is 1.71 bits per heavy atom. The lowest BCUT2D eigenvalue weighted by atomic mass is 10.3. The van der Waals surface area contributed by atoms with Gasteiger partial charge in [-0.25, -0.2) is 0 Å². The molecule has 0 atom stereocenters. The second-order valence-electron chi connectivity index (χ2n) is 3.40. The molecule has 1 fully saturated rings. The Balaban J connectivity index is 1.62. The molecule has 2 rings (SSSR count). The van der Waals surface area contributed by atoms with E-state index in [2.05, 4.69) is 22.1 Å². The van der Waals surface area contributed by atoms with Crippen LogP contribution in [0.1, 0.15) is 12.8 Å². The van der Waals surface area contributed by atoms with E-state index in [4.69, 9.17) is 0 Å². The Morgan fingerprint density at radius 3 is 3.21 bits per heavy atom. The van der Waals surface area contributed by atoms with Crippen LogP contribution in [0.4, 0.5) is 0 Å². The number of nitrogens with one attached hydrogen (secondary N) is 1. The maximum atomic E-state index is 4.03. The van der Waals surface area contributed by atoms with Crippen LogP contribution in [0.2, 0.25) is 0 Å².